The molecule has 7 nitrogen and oxygen atoms in total. The van der Waals surface area contributed by atoms with Gasteiger partial charge in [0.25, 0.3) is 11.8 Å². The van der Waals surface area contributed by atoms with Gasteiger partial charge in [-0.1, -0.05) is 60.2 Å². The molecule has 182 valence electrons. The van der Waals surface area contributed by atoms with E-state index in [9.17, 15) is 9.59 Å². The highest BCUT2D eigenvalue weighted by molar-refractivity contribution is 5.95. The van der Waals surface area contributed by atoms with Crippen molar-refractivity contribution in [1.29, 1.82) is 0 Å². The predicted octanol–water partition coefficient (Wildman–Crippen LogP) is 3.76. The molecule has 1 aliphatic heterocycles. The summed E-state index contributed by atoms with van der Waals surface area (Å²) in [4.78, 5) is 27.4. The Morgan fingerprint density at radius 1 is 0.943 bits per heavy atom. The Morgan fingerprint density at radius 2 is 1.63 bits per heavy atom. The first-order valence-corrected chi connectivity index (χ1v) is 11.6. The van der Waals surface area contributed by atoms with Gasteiger partial charge in [-0.15, -0.1) is 0 Å². The lowest BCUT2D eigenvalue weighted by molar-refractivity contribution is -0.137. The number of amides is 2. The van der Waals surface area contributed by atoms with Gasteiger partial charge in [-0.2, -0.15) is 0 Å². The number of hydrogen-bond donors (Lipinski definition) is 1. The number of carbonyl (C=O) groups excluding carboxylic acids is 2. The van der Waals surface area contributed by atoms with Crippen LogP contribution >= 0.6 is 0 Å². The molecule has 0 aliphatic carbocycles. The van der Waals surface area contributed by atoms with Gasteiger partial charge < -0.3 is 24.4 Å². The summed E-state index contributed by atoms with van der Waals surface area (Å²) in [5.74, 6) is 0.442. The molecular weight excluding hydrogens is 444 g/mol. The minimum atomic E-state index is -0.308. The number of morpholine rings is 1. The molecule has 2 amide bonds. The van der Waals surface area contributed by atoms with Crippen molar-refractivity contribution in [2.45, 2.75) is 13.0 Å². The molecular formula is C28H30N2O5. The number of nitrogens with one attached hydrogen (secondary N) is 1. The number of nitrogens with zero attached hydrogens (tertiary/aromatic N) is 1. The zero-order valence-electron chi connectivity index (χ0n) is 20.0. The maximum atomic E-state index is 13.2. The third-order valence-corrected chi connectivity index (χ3v) is 5.96. The van der Waals surface area contributed by atoms with Crippen LogP contribution in [0.4, 0.5) is 0 Å². The lowest BCUT2D eigenvalue weighted by atomic mass is 9.97. The van der Waals surface area contributed by atoms with Crippen molar-refractivity contribution in [3.8, 4) is 11.5 Å². The molecule has 1 atom stereocenters. The van der Waals surface area contributed by atoms with Gasteiger partial charge in [0, 0.05) is 18.7 Å². The first-order chi connectivity index (χ1) is 17.0. The zero-order chi connectivity index (χ0) is 24.6. The SMILES string of the molecule is COc1cc(C(=O)NC(c2ccccc2)c2ccc(C)cc2)ccc1OCC(=O)N1CCOCC1. The number of ether oxygens (including phenoxy) is 3. The van der Waals surface area contributed by atoms with Crippen molar-refractivity contribution < 1.29 is 23.8 Å². The maximum absolute atomic E-state index is 13.2. The van der Waals surface area contributed by atoms with Crippen LogP contribution in [0.3, 0.4) is 0 Å². The summed E-state index contributed by atoms with van der Waals surface area (Å²) in [7, 11) is 1.51. The van der Waals surface area contributed by atoms with Crippen molar-refractivity contribution in [3.05, 3.63) is 95.1 Å². The number of methoxy groups -OCH3 is 1. The van der Waals surface area contributed by atoms with E-state index in [1.807, 2.05) is 61.5 Å². The molecule has 3 aromatic carbocycles. The van der Waals surface area contributed by atoms with Gasteiger partial charge in [0.1, 0.15) is 0 Å². The normalized spacial score (nSPS) is 14.2. The zero-order valence-corrected chi connectivity index (χ0v) is 20.0. The van der Waals surface area contributed by atoms with Crippen LogP contribution in [0.5, 0.6) is 11.5 Å². The second-order valence-corrected chi connectivity index (χ2v) is 8.38. The monoisotopic (exact) mass is 474 g/mol. The molecule has 1 heterocycles. The van der Waals surface area contributed by atoms with E-state index in [4.69, 9.17) is 14.2 Å². The van der Waals surface area contributed by atoms with E-state index in [-0.39, 0.29) is 24.5 Å². The molecule has 3 aromatic rings. The van der Waals surface area contributed by atoms with Crippen molar-refractivity contribution >= 4 is 11.8 Å². The van der Waals surface area contributed by atoms with Gasteiger partial charge in [-0.3, -0.25) is 9.59 Å². The summed E-state index contributed by atoms with van der Waals surface area (Å²) in [6.45, 7) is 4.11. The third-order valence-electron chi connectivity index (χ3n) is 5.96. The standard InChI is InChI=1S/C28H30N2O5/c1-20-8-10-22(11-9-20)27(21-6-4-3-5-7-21)29-28(32)23-12-13-24(25(18-23)33-2)35-19-26(31)30-14-16-34-17-15-30/h3-13,18,27H,14-17,19H2,1-2H3,(H,29,32). The van der Waals surface area contributed by atoms with Crippen LogP contribution in [-0.4, -0.2) is 56.7 Å². The fourth-order valence-electron chi connectivity index (χ4n) is 3.95. The molecule has 0 aromatic heterocycles. The van der Waals surface area contributed by atoms with E-state index in [0.717, 1.165) is 16.7 Å². The highest BCUT2D eigenvalue weighted by atomic mass is 16.5. The quantitative estimate of drug-likeness (QED) is 0.538. The highest BCUT2D eigenvalue weighted by Gasteiger charge is 2.21. The fraction of sp³-hybridized carbons (Fsp3) is 0.286. The highest BCUT2D eigenvalue weighted by Crippen LogP contribution is 2.29. The van der Waals surface area contributed by atoms with E-state index in [1.165, 1.54) is 7.11 Å². The lowest BCUT2D eigenvalue weighted by Gasteiger charge is -2.26. The second kappa shape index (κ2) is 11.5. The van der Waals surface area contributed by atoms with Gasteiger partial charge >= 0.3 is 0 Å². The Balaban J connectivity index is 1.48. The average Bonchev–Trinajstić information content (AvgIpc) is 2.91. The van der Waals surface area contributed by atoms with Crippen molar-refractivity contribution in [3.63, 3.8) is 0 Å². The molecule has 0 spiro atoms. The maximum Gasteiger partial charge on any atom is 0.260 e. The predicted molar refractivity (Wildman–Crippen MR) is 133 cm³/mol. The van der Waals surface area contributed by atoms with Crippen LogP contribution in [0.2, 0.25) is 0 Å². The van der Waals surface area contributed by atoms with E-state index >= 15 is 0 Å². The Bertz CT molecular complexity index is 1140. The molecule has 1 N–H and O–H groups in total. The number of aryl methyl sites for hydroxylation is 1. The average molecular weight is 475 g/mol. The Morgan fingerprint density at radius 3 is 2.31 bits per heavy atom. The van der Waals surface area contributed by atoms with Gasteiger partial charge in [0.05, 0.1) is 26.4 Å². The Hall–Kier alpha value is -3.84. The van der Waals surface area contributed by atoms with Crippen LogP contribution in [0.15, 0.2) is 72.8 Å². The third kappa shape index (κ3) is 6.19. The summed E-state index contributed by atoms with van der Waals surface area (Å²) >= 11 is 0. The van der Waals surface area contributed by atoms with Crippen LogP contribution < -0.4 is 14.8 Å². The minimum Gasteiger partial charge on any atom is -0.493 e. The van der Waals surface area contributed by atoms with Gasteiger partial charge in [-0.25, -0.2) is 0 Å². The lowest BCUT2D eigenvalue weighted by Crippen LogP contribution is -2.43. The van der Waals surface area contributed by atoms with Crippen molar-refractivity contribution in [1.82, 2.24) is 10.2 Å². The summed E-state index contributed by atoms with van der Waals surface area (Å²) in [6.07, 6.45) is 0. The largest absolute Gasteiger partial charge is 0.493 e. The first-order valence-electron chi connectivity index (χ1n) is 11.6. The molecule has 1 unspecified atom stereocenters. The van der Waals surface area contributed by atoms with Gasteiger partial charge in [0.15, 0.2) is 18.1 Å². The van der Waals surface area contributed by atoms with Crippen LogP contribution in [0, 0.1) is 6.92 Å². The van der Waals surface area contributed by atoms with Crippen molar-refractivity contribution in [2.24, 2.45) is 0 Å². The van der Waals surface area contributed by atoms with Gasteiger partial charge in [-0.05, 0) is 36.2 Å². The fourth-order valence-corrected chi connectivity index (χ4v) is 3.95. The first kappa shape index (κ1) is 24.3. The minimum absolute atomic E-state index is 0.106. The molecule has 35 heavy (non-hydrogen) atoms. The second-order valence-electron chi connectivity index (χ2n) is 8.38. The molecule has 0 radical (unpaired) electrons. The van der Waals surface area contributed by atoms with Crippen LogP contribution in [-0.2, 0) is 9.53 Å². The Labute approximate surface area is 205 Å². The molecule has 1 aliphatic rings. The summed E-state index contributed by atoms with van der Waals surface area (Å²) in [5.41, 5.74) is 3.56. The van der Waals surface area contributed by atoms with Crippen molar-refractivity contribution in [2.75, 3.05) is 40.0 Å². The summed E-state index contributed by atoms with van der Waals surface area (Å²) in [5, 5.41) is 3.14. The van der Waals surface area contributed by atoms with E-state index < -0.39 is 0 Å². The molecule has 7 heteroatoms. The number of carbonyl (C=O) groups is 2. The van der Waals surface area contributed by atoms with E-state index in [1.54, 1.807) is 23.1 Å². The van der Waals surface area contributed by atoms with Crippen LogP contribution in [0.1, 0.15) is 33.1 Å². The molecule has 4 rings (SSSR count). The number of rotatable bonds is 8. The topological polar surface area (TPSA) is 77.1 Å². The summed E-state index contributed by atoms with van der Waals surface area (Å²) < 4.78 is 16.5. The molecule has 0 saturated carbocycles. The number of hydrogen-bond acceptors (Lipinski definition) is 5. The summed E-state index contributed by atoms with van der Waals surface area (Å²) in [6, 6.07) is 22.6. The van der Waals surface area contributed by atoms with Gasteiger partial charge in [0.2, 0.25) is 0 Å². The smallest absolute Gasteiger partial charge is 0.260 e. The van der Waals surface area contributed by atoms with E-state index in [0.29, 0.717) is 43.4 Å². The molecule has 0 bridgehead atoms. The molecule has 1 fully saturated rings. The van der Waals surface area contributed by atoms with Crippen LogP contribution in [0.25, 0.3) is 0 Å². The van der Waals surface area contributed by atoms with E-state index in [2.05, 4.69) is 5.32 Å². The number of benzene rings is 3. The Kier molecular flexibility index (Phi) is 8.00. The molecule has 1 saturated heterocycles.